The molecule has 1 aromatic heterocycles. The van der Waals surface area contributed by atoms with Crippen LogP contribution in [-0.2, 0) is 6.54 Å². The molecule has 10 heteroatoms. The molecule has 4 rings (SSSR count). The fourth-order valence-corrected chi connectivity index (χ4v) is 3.91. The first-order valence-electron chi connectivity index (χ1n) is 10.8. The Labute approximate surface area is 189 Å². The van der Waals surface area contributed by atoms with Crippen molar-refractivity contribution >= 4 is 11.6 Å². The standard InChI is InChI=1S/C23H24FN5O4/c24-19-5-1-17(2-6-19)15-28-13-10-16(11-14-28)9-12-25-22(30)21-26-23(33-27-21)18-3-7-20(8-4-18)29(31)32/h1-8,16H,9-15H2,(H,25,30). The highest BCUT2D eigenvalue weighted by Crippen LogP contribution is 2.22. The lowest BCUT2D eigenvalue weighted by atomic mass is 9.93. The summed E-state index contributed by atoms with van der Waals surface area (Å²) in [5.74, 6) is -0.0553. The molecule has 1 amide bonds. The summed E-state index contributed by atoms with van der Waals surface area (Å²) in [6.07, 6.45) is 2.95. The smallest absolute Gasteiger partial charge is 0.292 e. The van der Waals surface area contributed by atoms with Gasteiger partial charge in [-0.25, -0.2) is 4.39 Å². The number of nitro benzene ring substituents is 1. The number of hydrogen-bond donors (Lipinski definition) is 1. The number of nitrogens with one attached hydrogen (secondary N) is 1. The molecule has 0 spiro atoms. The molecule has 1 aliphatic rings. The third-order valence-electron chi connectivity index (χ3n) is 5.82. The molecule has 0 unspecified atom stereocenters. The van der Waals surface area contributed by atoms with Gasteiger partial charge in [0.2, 0.25) is 0 Å². The van der Waals surface area contributed by atoms with E-state index in [0.717, 1.165) is 44.5 Å². The van der Waals surface area contributed by atoms with Crippen molar-refractivity contribution in [3.8, 4) is 11.5 Å². The zero-order valence-electron chi connectivity index (χ0n) is 17.9. The normalized spacial score (nSPS) is 14.8. The first-order chi connectivity index (χ1) is 16.0. The highest BCUT2D eigenvalue weighted by molar-refractivity contribution is 5.90. The maximum atomic E-state index is 13.0. The summed E-state index contributed by atoms with van der Waals surface area (Å²) in [5, 5.41) is 17.3. The number of hydrogen-bond acceptors (Lipinski definition) is 7. The molecule has 0 saturated carbocycles. The Morgan fingerprint density at radius 2 is 1.85 bits per heavy atom. The number of piperidine rings is 1. The van der Waals surface area contributed by atoms with Crippen molar-refractivity contribution in [3.63, 3.8) is 0 Å². The number of carbonyl (C=O) groups is 1. The highest BCUT2D eigenvalue weighted by atomic mass is 19.1. The summed E-state index contributed by atoms with van der Waals surface area (Å²) in [6, 6.07) is 12.3. The minimum absolute atomic E-state index is 0.0440. The fourth-order valence-electron chi connectivity index (χ4n) is 3.91. The third kappa shape index (κ3) is 5.98. The van der Waals surface area contributed by atoms with Crippen molar-refractivity contribution < 1.29 is 18.6 Å². The second kappa shape index (κ2) is 10.3. The molecule has 172 valence electrons. The van der Waals surface area contributed by atoms with Crippen LogP contribution in [0.5, 0.6) is 0 Å². The molecule has 0 atom stereocenters. The Kier molecular flexibility index (Phi) is 7.04. The molecule has 1 aliphatic heterocycles. The largest absolute Gasteiger partial charge is 0.349 e. The lowest BCUT2D eigenvalue weighted by Gasteiger charge is -2.32. The van der Waals surface area contributed by atoms with Crippen LogP contribution >= 0.6 is 0 Å². The lowest BCUT2D eigenvalue weighted by molar-refractivity contribution is -0.384. The molecule has 0 bridgehead atoms. The number of rotatable bonds is 8. The fraction of sp³-hybridized carbons (Fsp3) is 0.348. The van der Waals surface area contributed by atoms with Gasteiger partial charge in [-0.3, -0.25) is 19.8 Å². The van der Waals surface area contributed by atoms with Gasteiger partial charge in [-0.05, 0) is 68.1 Å². The average Bonchev–Trinajstić information content (AvgIpc) is 3.32. The van der Waals surface area contributed by atoms with E-state index >= 15 is 0 Å². The van der Waals surface area contributed by atoms with Crippen LogP contribution in [0.15, 0.2) is 53.1 Å². The topological polar surface area (TPSA) is 114 Å². The Morgan fingerprint density at radius 3 is 2.52 bits per heavy atom. The quantitative estimate of drug-likeness (QED) is 0.407. The number of benzene rings is 2. The monoisotopic (exact) mass is 453 g/mol. The number of aromatic nitrogens is 2. The number of carbonyl (C=O) groups excluding carboxylic acids is 1. The molecule has 9 nitrogen and oxygen atoms in total. The van der Waals surface area contributed by atoms with Crippen molar-refractivity contribution in [1.29, 1.82) is 0 Å². The average molecular weight is 453 g/mol. The number of non-ortho nitro benzene ring substituents is 1. The maximum absolute atomic E-state index is 13.0. The highest BCUT2D eigenvalue weighted by Gasteiger charge is 2.20. The first-order valence-corrected chi connectivity index (χ1v) is 10.8. The van der Waals surface area contributed by atoms with Crippen LogP contribution in [0.2, 0.25) is 0 Å². The van der Waals surface area contributed by atoms with Gasteiger partial charge in [0.05, 0.1) is 4.92 Å². The van der Waals surface area contributed by atoms with E-state index in [2.05, 4.69) is 20.4 Å². The minimum Gasteiger partial charge on any atom is -0.349 e. The number of nitro groups is 1. The molecule has 1 N–H and O–H groups in total. The van der Waals surface area contributed by atoms with Crippen molar-refractivity contribution in [1.82, 2.24) is 20.4 Å². The Bertz CT molecular complexity index is 1090. The SMILES string of the molecule is O=C(NCCC1CCN(Cc2ccc(F)cc2)CC1)c1noc(-c2ccc([N+](=O)[O-])cc2)n1. The maximum Gasteiger partial charge on any atom is 0.292 e. The lowest BCUT2D eigenvalue weighted by Crippen LogP contribution is -2.35. The summed E-state index contributed by atoms with van der Waals surface area (Å²) < 4.78 is 18.2. The number of nitrogens with zero attached hydrogens (tertiary/aromatic N) is 4. The summed E-state index contributed by atoms with van der Waals surface area (Å²) in [7, 11) is 0. The van der Waals surface area contributed by atoms with E-state index in [1.807, 2.05) is 12.1 Å². The van der Waals surface area contributed by atoms with Crippen molar-refractivity contribution in [3.05, 3.63) is 75.9 Å². The molecular weight excluding hydrogens is 429 g/mol. The van der Waals surface area contributed by atoms with E-state index in [0.29, 0.717) is 18.0 Å². The van der Waals surface area contributed by atoms with Crippen LogP contribution in [0.1, 0.15) is 35.4 Å². The van der Waals surface area contributed by atoms with Gasteiger partial charge in [-0.15, -0.1) is 0 Å². The van der Waals surface area contributed by atoms with E-state index in [4.69, 9.17) is 4.52 Å². The predicted molar refractivity (Wildman–Crippen MR) is 118 cm³/mol. The predicted octanol–water partition coefficient (Wildman–Crippen LogP) is 3.82. The van der Waals surface area contributed by atoms with Gasteiger partial charge in [-0.1, -0.05) is 17.3 Å². The van der Waals surface area contributed by atoms with Crippen LogP contribution < -0.4 is 5.32 Å². The number of likely N-dealkylation sites (tertiary alicyclic amines) is 1. The van der Waals surface area contributed by atoms with Crippen LogP contribution in [0.3, 0.4) is 0 Å². The van der Waals surface area contributed by atoms with E-state index < -0.39 is 10.8 Å². The zero-order chi connectivity index (χ0) is 23.2. The van der Waals surface area contributed by atoms with Gasteiger partial charge in [0.25, 0.3) is 23.3 Å². The molecule has 1 saturated heterocycles. The summed E-state index contributed by atoms with van der Waals surface area (Å²) in [5.41, 5.74) is 1.56. The summed E-state index contributed by atoms with van der Waals surface area (Å²) >= 11 is 0. The number of amides is 1. The van der Waals surface area contributed by atoms with Crippen LogP contribution in [0, 0.1) is 21.8 Å². The Hall–Kier alpha value is -3.66. The van der Waals surface area contributed by atoms with Crippen molar-refractivity contribution in [2.75, 3.05) is 19.6 Å². The van der Waals surface area contributed by atoms with E-state index in [1.165, 1.54) is 36.4 Å². The van der Waals surface area contributed by atoms with Gasteiger partial charge < -0.3 is 9.84 Å². The Morgan fingerprint density at radius 1 is 1.15 bits per heavy atom. The summed E-state index contributed by atoms with van der Waals surface area (Å²) in [4.78, 5) is 29.0. The van der Waals surface area contributed by atoms with E-state index in [1.54, 1.807) is 0 Å². The molecule has 3 aromatic rings. The Balaban J connectivity index is 1.19. The van der Waals surface area contributed by atoms with Gasteiger partial charge in [0.1, 0.15) is 5.82 Å². The van der Waals surface area contributed by atoms with Crippen molar-refractivity contribution in [2.45, 2.75) is 25.8 Å². The van der Waals surface area contributed by atoms with E-state index in [9.17, 15) is 19.3 Å². The van der Waals surface area contributed by atoms with Gasteiger partial charge in [0, 0.05) is 30.8 Å². The third-order valence-corrected chi connectivity index (χ3v) is 5.82. The number of halogens is 1. The summed E-state index contributed by atoms with van der Waals surface area (Å²) in [6.45, 7) is 3.28. The van der Waals surface area contributed by atoms with Crippen LogP contribution in [0.4, 0.5) is 10.1 Å². The molecular formula is C23H24FN5O4. The second-order valence-electron chi connectivity index (χ2n) is 8.12. The van der Waals surface area contributed by atoms with Crippen LogP contribution in [0.25, 0.3) is 11.5 Å². The van der Waals surface area contributed by atoms with Crippen LogP contribution in [-0.4, -0.2) is 45.5 Å². The van der Waals surface area contributed by atoms with E-state index in [-0.39, 0.29) is 23.2 Å². The van der Waals surface area contributed by atoms with Gasteiger partial charge in [0.15, 0.2) is 0 Å². The first kappa shape index (κ1) is 22.5. The van der Waals surface area contributed by atoms with Gasteiger partial charge in [-0.2, -0.15) is 4.98 Å². The molecule has 0 aliphatic carbocycles. The zero-order valence-corrected chi connectivity index (χ0v) is 17.9. The molecule has 1 fully saturated rings. The molecule has 0 radical (unpaired) electrons. The second-order valence-corrected chi connectivity index (χ2v) is 8.12. The molecule has 2 heterocycles. The van der Waals surface area contributed by atoms with Gasteiger partial charge >= 0.3 is 0 Å². The molecule has 33 heavy (non-hydrogen) atoms. The minimum atomic E-state index is -0.494. The van der Waals surface area contributed by atoms with Crippen molar-refractivity contribution in [2.24, 2.45) is 5.92 Å². The molecule has 2 aromatic carbocycles.